The minimum atomic E-state index is 0.398. The standard InChI is InChI=1S/C14H20S/c1-10(2)12-6-5-11(3)13(9-12)14(4)7-8-15-14/h5-6,9-10H,7-8H2,1-4H3. The first kappa shape index (κ1) is 11.1. The van der Waals surface area contributed by atoms with Crippen molar-refractivity contribution in [2.75, 3.05) is 5.75 Å². The molecule has 0 aromatic heterocycles. The molecule has 1 aliphatic heterocycles. The molecule has 1 heterocycles. The van der Waals surface area contributed by atoms with Crippen LogP contribution >= 0.6 is 11.8 Å². The van der Waals surface area contributed by atoms with Crippen molar-refractivity contribution in [3.63, 3.8) is 0 Å². The Hall–Kier alpha value is -0.430. The largest absolute Gasteiger partial charge is 0.151 e. The van der Waals surface area contributed by atoms with E-state index in [1.165, 1.54) is 23.3 Å². The van der Waals surface area contributed by atoms with Crippen molar-refractivity contribution < 1.29 is 0 Å². The van der Waals surface area contributed by atoms with E-state index in [0.29, 0.717) is 10.7 Å². The third-order valence-corrected chi connectivity index (χ3v) is 4.97. The monoisotopic (exact) mass is 220 g/mol. The number of benzene rings is 1. The number of rotatable bonds is 2. The molecule has 0 bridgehead atoms. The fourth-order valence-electron chi connectivity index (χ4n) is 2.19. The molecule has 1 saturated heterocycles. The molecular formula is C14H20S. The van der Waals surface area contributed by atoms with Crippen LogP contribution in [0, 0.1) is 6.92 Å². The third kappa shape index (κ3) is 1.94. The van der Waals surface area contributed by atoms with E-state index in [2.05, 4.69) is 57.7 Å². The first-order valence-corrected chi connectivity index (χ1v) is 6.76. The average Bonchev–Trinajstić information content (AvgIpc) is 2.14. The Kier molecular flexibility index (Phi) is 2.85. The first-order valence-electron chi connectivity index (χ1n) is 5.78. The van der Waals surface area contributed by atoms with Crippen molar-refractivity contribution in [3.8, 4) is 0 Å². The molecule has 1 fully saturated rings. The van der Waals surface area contributed by atoms with E-state index >= 15 is 0 Å². The Balaban J connectivity index is 2.41. The molecule has 0 N–H and O–H groups in total. The SMILES string of the molecule is Cc1ccc(C(C)C)cc1C1(C)CCS1. The Morgan fingerprint density at radius 3 is 2.47 bits per heavy atom. The zero-order valence-electron chi connectivity index (χ0n) is 10.1. The van der Waals surface area contributed by atoms with E-state index in [9.17, 15) is 0 Å². The topological polar surface area (TPSA) is 0 Å². The maximum Gasteiger partial charge on any atom is 0.0390 e. The van der Waals surface area contributed by atoms with Crippen LogP contribution in [0.2, 0.25) is 0 Å². The van der Waals surface area contributed by atoms with Crippen molar-refractivity contribution >= 4 is 11.8 Å². The molecule has 0 saturated carbocycles. The highest BCUT2D eigenvalue weighted by Gasteiger charge is 2.35. The zero-order chi connectivity index (χ0) is 11.1. The summed E-state index contributed by atoms with van der Waals surface area (Å²) in [5.74, 6) is 1.96. The van der Waals surface area contributed by atoms with E-state index in [1.807, 2.05) is 0 Å². The second kappa shape index (κ2) is 3.86. The molecule has 82 valence electrons. The molecule has 0 nitrogen and oxygen atoms in total. The van der Waals surface area contributed by atoms with E-state index < -0.39 is 0 Å². The van der Waals surface area contributed by atoms with E-state index in [-0.39, 0.29) is 0 Å². The van der Waals surface area contributed by atoms with Crippen molar-refractivity contribution in [2.24, 2.45) is 0 Å². The highest BCUT2D eigenvalue weighted by atomic mass is 32.2. The van der Waals surface area contributed by atoms with Gasteiger partial charge in [0.15, 0.2) is 0 Å². The van der Waals surface area contributed by atoms with Crippen LogP contribution in [-0.4, -0.2) is 5.75 Å². The number of thioether (sulfide) groups is 1. The fourth-order valence-corrected chi connectivity index (χ4v) is 3.38. The van der Waals surface area contributed by atoms with Crippen molar-refractivity contribution in [1.82, 2.24) is 0 Å². The van der Waals surface area contributed by atoms with Gasteiger partial charge in [-0.05, 0) is 48.6 Å². The van der Waals surface area contributed by atoms with Gasteiger partial charge < -0.3 is 0 Å². The lowest BCUT2D eigenvalue weighted by atomic mass is 9.88. The van der Waals surface area contributed by atoms with Crippen molar-refractivity contribution in [3.05, 3.63) is 34.9 Å². The van der Waals surface area contributed by atoms with Gasteiger partial charge in [-0.2, -0.15) is 11.8 Å². The summed E-state index contributed by atoms with van der Waals surface area (Å²) in [6.45, 7) is 9.16. The quantitative estimate of drug-likeness (QED) is 0.708. The van der Waals surface area contributed by atoms with Gasteiger partial charge in [-0.1, -0.05) is 32.0 Å². The van der Waals surface area contributed by atoms with Crippen molar-refractivity contribution in [1.29, 1.82) is 0 Å². The predicted octanol–water partition coefficient (Wildman–Crippen LogP) is 4.47. The van der Waals surface area contributed by atoms with E-state index in [4.69, 9.17) is 0 Å². The fraction of sp³-hybridized carbons (Fsp3) is 0.571. The van der Waals surface area contributed by atoms with Crippen LogP contribution in [0.1, 0.15) is 49.8 Å². The smallest absolute Gasteiger partial charge is 0.0390 e. The Morgan fingerprint density at radius 2 is 2.00 bits per heavy atom. The molecule has 1 aliphatic rings. The molecular weight excluding hydrogens is 200 g/mol. The molecule has 0 amide bonds. The number of hydrogen-bond acceptors (Lipinski definition) is 1. The lowest BCUT2D eigenvalue weighted by Gasteiger charge is -2.39. The molecule has 0 aliphatic carbocycles. The first-order chi connectivity index (χ1) is 7.03. The van der Waals surface area contributed by atoms with Gasteiger partial charge in [0.05, 0.1) is 0 Å². The summed E-state index contributed by atoms with van der Waals surface area (Å²) in [6, 6.07) is 6.98. The van der Waals surface area contributed by atoms with Gasteiger partial charge in [0, 0.05) is 4.75 Å². The molecule has 1 aromatic carbocycles. The normalized spacial score (nSPS) is 25.4. The minimum Gasteiger partial charge on any atom is -0.151 e. The van der Waals surface area contributed by atoms with Gasteiger partial charge in [-0.3, -0.25) is 0 Å². The summed E-state index contributed by atoms with van der Waals surface area (Å²) in [6.07, 6.45) is 1.33. The van der Waals surface area contributed by atoms with Crippen LogP contribution in [0.5, 0.6) is 0 Å². The van der Waals surface area contributed by atoms with Gasteiger partial charge in [-0.25, -0.2) is 0 Å². The van der Waals surface area contributed by atoms with Crippen LogP contribution in [-0.2, 0) is 4.75 Å². The predicted molar refractivity (Wildman–Crippen MR) is 69.7 cm³/mol. The Labute approximate surface area is 97.5 Å². The minimum absolute atomic E-state index is 0.398. The molecule has 1 aromatic rings. The van der Waals surface area contributed by atoms with Crippen LogP contribution in [0.4, 0.5) is 0 Å². The van der Waals surface area contributed by atoms with Gasteiger partial charge in [0.1, 0.15) is 0 Å². The number of aryl methyl sites for hydroxylation is 1. The average molecular weight is 220 g/mol. The zero-order valence-corrected chi connectivity index (χ0v) is 10.9. The van der Waals surface area contributed by atoms with Gasteiger partial charge >= 0.3 is 0 Å². The lowest BCUT2D eigenvalue weighted by Crippen LogP contribution is -2.28. The summed E-state index contributed by atoms with van der Waals surface area (Å²) in [5.41, 5.74) is 4.49. The molecule has 1 heteroatoms. The Bertz CT molecular complexity index is 362. The van der Waals surface area contributed by atoms with E-state index in [0.717, 1.165) is 0 Å². The molecule has 0 spiro atoms. The van der Waals surface area contributed by atoms with Gasteiger partial charge in [0.2, 0.25) is 0 Å². The summed E-state index contributed by atoms with van der Waals surface area (Å²) in [7, 11) is 0. The summed E-state index contributed by atoms with van der Waals surface area (Å²) >= 11 is 2.10. The second-order valence-corrected chi connectivity index (χ2v) is 6.66. The van der Waals surface area contributed by atoms with Crippen LogP contribution in [0.25, 0.3) is 0 Å². The van der Waals surface area contributed by atoms with Crippen molar-refractivity contribution in [2.45, 2.75) is 44.8 Å². The molecule has 1 atom stereocenters. The third-order valence-electron chi connectivity index (χ3n) is 3.50. The summed E-state index contributed by atoms with van der Waals surface area (Å²) < 4.78 is 0.398. The summed E-state index contributed by atoms with van der Waals surface area (Å²) in [4.78, 5) is 0. The van der Waals surface area contributed by atoms with Crippen LogP contribution in [0.3, 0.4) is 0 Å². The van der Waals surface area contributed by atoms with E-state index in [1.54, 1.807) is 5.56 Å². The number of hydrogen-bond donors (Lipinski definition) is 0. The van der Waals surface area contributed by atoms with Gasteiger partial charge in [0.25, 0.3) is 0 Å². The highest BCUT2D eigenvalue weighted by Crippen LogP contribution is 2.50. The maximum absolute atomic E-state index is 2.42. The molecule has 15 heavy (non-hydrogen) atoms. The Morgan fingerprint density at radius 1 is 1.33 bits per heavy atom. The lowest BCUT2D eigenvalue weighted by molar-refractivity contribution is 0.620. The maximum atomic E-state index is 2.42. The van der Waals surface area contributed by atoms with Crippen LogP contribution in [0.15, 0.2) is 18.2 Å². The molecule has 1 unspecified atom stereocenters. The molecule has 0 radical (unpaired) electrons. The summed E-state index contributed by atoms with van der Waals surface area (Å²) in [5, 5.41) is 0. The molecule has 2 rings (SSSR count). The van der Waals surface area contributed by atoms with Crippen LogP contribution < -0.4 is 0 Å². The second-order valence-electron chi connectivity index (χ2n) is 5.06. The van der Waals surface area contributed by atoms with Gasteiger partial charge in [-0.15, -0.1) is 0 Å². The highest BCUT2D eigenvalue weighted by molar-refractivity contribution is 8.01.